The Balaban J connectivity index is 1.40. The second-order valence-corrected chi connectivity index (χ2v) is 11.3. The molecular weight excluding hydrogens is 386 g/mol. The highest BCUT2D eigenvalue weighted by Crippen LogP contribution is 2.59. The first kappa shape index (κ1) is 23.5. The van der Waals surface area contributed by atoms with Gasteiger partial charge in [0, 0.05) is 12.6 Å². The van der Waals surface area contributed by atoms with Crippen LogP contribution in [-0.2, 0) is 4.74 Å². The average molecular weight is 432 g/mol. The van der Waals surface area contributed by atoms with Crippen molar-refractivity contribution in [3.05, 3.63) is 23.3 Å². The normalized spacial score (nSPS) is 41.9. The first-order chi connectivity index (χ1) is 14.9. The van der Waals surface area contributed by atoms with Crippen molar-refractivity contribution in [1.29, 1.82) is 0 Å². The van der Waals surface area contributed by atoms with E-state index in [0.29, 0.717) is 23.8 Å². The van der Waals surface area contributed by atoms with Crippen molar-refractivity contribution in [3.63, 3.8) is 0 Å². The minimum absolute atomic E-state index is 0.379. The van der Waals surface area contributed by atoms with E-state index < -0.39 is 0 Å². The molecule has 0 unspecified atom stereocenters. The largest absolute Gasteiger partial charge is 0.393 e. The van der Waals surface area contributed by atoms with Crippen molar-refractivity contribution in [1.82, 2.24) is 4.90 Å². The number of hydrogen-bond donors (Lipinski definition) is 2. The molecule has 1 saturated heterocycles. The first-order valence-electron chi connectivity index (χ1n) is 12.9. The van der Waals surface area contributed by atoms with Crippen molar-refractivity contribution < 1.29 is 14.9 Å². The fourth-order valence-corrected chi connectivity index (χ4v) is 7.41. The van der Waals surface area contributed by atoms with Crippen LogP contribution in [0.2, 0.25) is 0 Å². The topological polar surface area (TPSA) is 52.9 Å². The summed E-state index contributed by atoms with van der Waals surface area (Å²) in [7, 11) is 0. The number of aliphatic hydroxyl groups is 2. The maximum atomic E-state index is 10.0. The first-order valence-corrected chi connectivity index (χ1v) is 12.9. The Kier molecular flexibility index (Phi) is 7.63. The van der Waals surface area contributed by atoms with E-state index in [1.54, 1.807) is 5.57 Å². The molecule has 3 saturated carbocycles. The van der Waals surface area contributed by atoms with Crippen LogP contribution in [0.4, 0.5) is 0 Å². The van der Waals surface area contributed by atoms with Crippen LogP contribution in [-0.4, -0.2) is 59.7 Å². The molecule has 4 rings (SSSR count). The van der Waals surface area contributed by atoms with Crippen LogP contribution in [0.5, 0.6) is 0 Å². The van der Waals surface area contributed by atoms with Crippen molar-refractivity contribution >= 4 is 0 Å². The van der Waals surface area contributed by atoms with E-state index in [1.165, 1.54) is 50.6 Å². The molecule has 0 amide bonds. The summed E-state index contributed by atoms with van der Waals surface area (Å²) < 4.78 is 5.62. The second kappa shape index (κ2) is 10.1. The molecule has 4 fully saturated rings. The maximum absolute atomic E-state index is 10.0. The molecule has 4 aliphatic rings. The standard InChI is InChI=1S/C27H45NO3/c1-19(10-12-28-13-14-31-18-20(28)2)25-8-9-26-22(5-4-11-27(25,26)3)7-6-21-15-23(29)17-24(30)16-21/h6-7,19-20,23-26,29-30H,4-5,8-18H2,1-3H3/b22-7+/t19-,20-,23-,24-,25-,26+,27-/m1/s1. The highest BCUT2D eigenvalue weighted by molar-refractivity contribution is 5.26. The number of nitrogens with zero attached hydrogens (tertiary/aromatic N) is 1. The number of aliphatic hydroxyl groups excluding tert-OH is 2. The third-order valence-corrected chi connectivity index (χ3v) is 9.17. The zero-order valence-electron chi connectivity index (χ0n) is 20.1. The molecule has 176 valence electrons. The molecule has 4 heteroatoms. The molecule has 31 heavy (non-hydrogen) atoms. The van der Waals surface area contributed by atoms with E-state index >= 15 is 0 Å². The van der Waals surface area contributed by atoms with Crippen LogP contribution in [0, 0.1) is 23.2 Å². The molecule has 7 atom stereocenters. The highest BCUT2D eigenvalue weighted by atomic mass is 16.5. The number of hydrogen-bond acceptors (Lipinski definition) is 4. The molecule has 4 nitrogen and oxygen atoms in total. The summed E-state index contributed by atoms with van der Waals surface area (Å²) in [6, 6.07) is 0.557. The number of rotatable bonds is 5. The number of morpholine rings is 1. The molecule has 1 aliphatic heterocycles. The summed E-state index contributed by atoms with van der Waals surface area (Å²) in [6.45, 7) is 11.5. The lowest BCUT2D eigenvalue weighted by Gasteiger charge is -2.45. The minimum atomic E-state index is -0.379. The molecule has 0 spiro atoms. The predicted octanol–water partition coefficient (Wildman–Crippen LogP) is 4.71. The summed E-state index contributed by atoms with van der Waals surface area (Å²) in [6.07, 6.45) is 13.7. The molecule has 0 bridgehead atoms. The van der Waals surface area contributed by atoms with Crippen molar-refractivity contribution in [2.24, 2.45) is 23.2 Å². The van der Waals surface area contributed by atoms with Crippen LogP contribution in [0.25, 0.3) is 0 Å². The van der Waals surface area contributed by atoms with Gasteiger partial charge in [0.05, 0.1) is 25.4 Å². The number of allylic oxidation sites excluding steroid dienone is 3. The quantitative estimate of drug-likeness (QED) is 0.662. The summed E-state index contributed by atoms with van der Waals surface area (Å²) in [5.74, 6) is 2.31. The molecule has 0 radical (unpaired) electrons. The van der Waals surface area contributed by atoms with E-state index in [9.17, 15) is 10.2 Å². The van der Waals surface area contributed by atoms with Crippen LogP contribution in [0.15, 0.2) is 23.3 Å². The van der Waals surface area contributed by atoms with Crippen LogP contribution < -0.4 is 0 Å². The predicted molar refractivity (Wildman–Crippen MR) is 126 cm³/mol. The van der Waals surface area contributed by atoms with Crippen molar-refractivity contribution in [2.75, 3.05) is 26.3 Å². The summed E-state index contributed by atoms with van der Waals surface area (Å²) in [4.78, 5) is 2.63. The van der Waals surface area contributed by atoms with Gasteiger partial charge >= 0.3 is 0 Å². The number of ether oxygens (including phenoxy) is 1. The maximum Gasteiger partial charge on any atom is 0.0619 e. The lowest BCUT2D eigenvalue weighted by molar-refractivity contribution is -0.00570. The molecule has 3 aliphatic carbocycles. The van der Waals surface area contributed by atoms with Crippen molar-refractivity contribution in [3.8, 4) is 0 Å². The van der Waals surface area contributed by atoms with Gasteiger partial charge in [-0.1, -0.05) is 37.1 Å². The average Bonchev–Trinajstić information content (AvgIpc) is 3.08. The van der Waals surface area contributed by atoms with Crippen LogP contribution in [0.3, 0.4) is 0 Å². The fraction of sp³-hybridized carbons (Fsp3) is 0.852. The van der Waals surface area contributed by atoms with Gasteiger partial charge in [0.15, 0.2) is 0 Å². The second-order valence-electron chi connectivity index (χ2n) is 11.3. The SMILES string of the molecule is C[C@H](CCN1CCOC[C@H]1C)[C@H]1CC[C@H]2/C(=C/C=C3C[C@@H](O)C[C@H](O)C3)CCC[C@]12C. The van der Waals surface area contributed by atoms with Gasteiger partial charge in [-0.25, -0.2) is 0 Å². The van der Waals surface area contributed by atoms with Gasteiger partial charge in [0.2, 0.25) is 0 Å². The van der Waals surface area contributed by atoms with Gasteiger partial charge in [-0.3, -0.25) is 4.90 Å². The monoisotopic (exact) mass is 431 g/mol. The minimum Gasteiger partial charge on any atom is -0.393 e. The Hall–Kier alpha value is -0.680. The lowest BCUT2D eigenvalue weighted by atomic mass is 9.61. The Morgan fingerprint density at radius 3 is 2.71 bits per heavy atom. The molecule has 0 aromatic carbocycles. The van der Waals surface area contributed by atoms with Gasteiger partial charge in [-0.2, -0.15) is 0 Å². The number of fused-ring (bicyclic) bond motifs is 1. The van der Waals surface area contributed by atoms with E-state index in [1.807, 2.05) is 0 Å². The van der Waals surface area contributed by atoms with Crippen molar-refractivity contribution in [2.45, 2.75) is 96.8 Å². The van der Waals surface area contributed by atoms with Gasteiger partial charge in [0.25, 0.3) is 0 Å². The Labute approximate surface area is 189 Å². The van der Waals surface area contributed by atoms with E-state index in [2.05, 4.69) is 37.8 Å². The van der Waals surface area contributed by atoms with E-state index in [0.717, 1.165) is 44.4 Å². The summed E-state index contributed by atoms with van der Waals surface area (Å²) >= 11 is 0. The third kappa shape index (κ3) is 5.29. The van der Waals surface area contributed by atoms with Crippen LogP contribution in [0.1, 0.15) is 78.6 Å². The molecule has 0 aromatic heterocycles. The highest BCUT2D eigenvalue weighted by Gasteiger charge is 2.50. The third-order valence-electron chi connectivity index (χ3n) is 9.17. The zero-order valence-corrected chi connectivity index (χ0v) is 20.1. The summed E-state index contributed by atoms with van der Waals surface area (Å²) in [5, 5.41) is 20.0. The lowest BCUT2D eigenvalue weighted by Crippen LogP contribution is -2.45. The van der Waals surface area contributed by atoms with Crippen LogP contribution >= 0.6 is 0 Å². The Morgan fingerprint density at radius 1 is 1.19 bits per heavy atom. The summed E-state index contributed by atoms with van der Waals surface area (Å²) in [5.41, 5.74) is 3.28. The molecule has 1 heterocycles. The molecule has 0 aromatic rings. The fourth-order valence-electron chi connectivity index (χ4n) is 7.41. The van der Waals surface area contributed by atoms with Gasteiger partial charge < -0.3 is 14.9 Å². The smallest absolute Gasteiger partial charge is 0.0619 e. The van der Waals surface area contributed by atoms with Gasteiger partial charge in [0.1, 0.15) is 0 Å². The van der Waals surface area contributed by atoms with E-state index in [-0.39, 0.29) is 12.2 Å². The Bertz CT molecular complexity index is 661. The zero-order chi connectivity index (χ0) is 22.0. The van der Waals surface area contributed by atoms with Gasteiger partial charge in [-0.05, 0) is 94.4 Å². The molecule has 2 N–H and O–H groups in total. The van der Waals surface area contributed by atoms with E-state index in [4.69, 9.17) is 4.74 Å². The molecular formula is C27H45NO3. The Morgan fingerprint density at radius 2 is 1.97 bits per heavy atom. The van der Waals surface area contributed by atoms with Gasteiger partial charge in [-0.15, -0.1) is 0 Å².